The summed E-state index contributed by atoms with van der Waals surface area (Å²) in [7, 11) is 5.40. The smallest absolute Gasteiger partial charge is 0.231 e. The highest BCUT2D eigenvalue weighted by Crippen LogP contribution is 2.48. The maximum absolute atomic E-state index is 13.2. The number of quaternary nitrogens is 1. The zero-order valence-electron chi connectivity index (χ0n) is 16.3. The molecule has 4 rings (SSSR count). The van der Waals surface area contributed by atoms with Crippen LogP contribution >= 0.6 is 0 Å². The number of hydrogen-bond donors (Lipinski definition) is 1. The average molecular weight is 382 g/mol. The van der Waals surface area contributed by atoms with Crippen molar-refractivity contribution in [2.24, 2.45) is 0 Å². The quantitative estimate of drug-likeness (QED) is 0.632. The van der Waals surface area contributed by atoms with Gasteiger partial charge in [-0.3, -0.25) is 4.79 Å². The first kappa shape index (κ1) is 18.4. The van der Waals surface area contributed by atoms with E-state index < -0.39 is 0 Å². The number of fused-ring (bicyclic) bond motifs is 2. The number of allylic oxidation sites excluding steroid dienone is 1. The molecule has 0 bridgehead atoms. The molecule has 0 radical (unpaired) electrons. The molecule has 0 saturated carbocycles. The number of methoxy groups -OCH3 is 2. The third-order valence-electron chi connectivity index (χ3n) is 5.26. The fraction of sp³-hybridized carbons (Fsp3) is 0.318. The van der Waals surface area contributed by atoms with Crippen LogP contribution in [0.2, 0.25) is 0 Å². The van der Waals surface area contributed by atoms with Crippen molar-refractivity contribution in [2.45, 2.75) is 13.0 Å². The Morgan fingerprint density at radius 3 is 2.54 bits per heavy atom. The normalized spacial score (nSPS) is 17.5. The van der Waals surface area contributed by atoms with Gasteiger partial charge in [0, 0.05) is 6.42 Å². The molecule has 2 aliphatic rings. The van der Waals surface area contributed by atoms with Crippen molar-refractivity contribution < 1.29 is 28.6 Å². The summed E-state index contributed by atoms with van der Waals surface area (Å²) in [6.45, 7) is 1.84. The number of benzene rings is 2. The fourth-order valence-corrected chi connectivity index (χ4v) is 3.83. The number of nitrogens with one attached hydrogen (secondary N) is 1. The number of ketones is 1. The largest absolute Gasteiger partial charge is 0.497 e. The topological polar surface area (TPSA) is 58.4 Å². The van der Waals surface area contributed by atoms with Gasteiger partial charge in [0.25, 0.3) is 0 Å². The SMILES string of the molecule is COc1ccc(/C=C/C(=O)c2c3c(c(OC)c4c2OCO4)C[NH+](C)CC3)cc1. The van der Waals surface area contributed by atoms with E-state index in [1.807, 2.05) is 24.3 Å². The molecular weight excluding hydrogens is 358 g/mol. The standard InChI is InChI=1S/C22H23NO5/c1-23-11-10-16-17(12-23)20(26-3)22-21(27-13-28-22)19(16)18(24)9-6-14-4-7-15(25-2)8-5-14/h4-9H,10-13H2,1-3H3/p+1/b9-6+. The monoisotopic (exact) mass is 382 g/mol. The van der Waals surface area contributed by atoms with Gasteiger partial charge < -0.3 is 23.8 Å². The maximum Gasteiger partial charge on any atom is 0.231 e. The van der Waals surface area contributed by atoms with Crippen LogP contribution in [0.5, 0.6) is 23.0 Å². The molecule has 2 aliphatic heterocycles. The summed E-state index contributed by atoms with van der Waals surface area (Å²) in [5, 5.41) is 0. The lowest BCUT2D eigenvalue weighted by atomic mass is 9.90. The second kappa shape index (κ2) is 7.56. The lowest BCUT2D eigenvalue weighted by Crippen LogP contribution is -3.08. The molecule has 0 spiro atoms. The fourth-order valence-electron chi connectivity index (χ4n) is 3.83. The van der Waals surface area contributed by atoms with Crippen LogP contribution in [0.4, 0.5) is 0 Å². The van der Waals surface area contributed by atoms with Crippen LogP contribution in [-0.2, 0) is 13.0 Å². The van der Waals surface area contributed by atoms with E-state index in [9.17, 15) is 4.79 Å². The van der Waals surface area contributed by atoms with Crippen LogP contribution in [-0.4, -0.2) is 40.4 Å². The Balaban J connectivity index is 1.74. The third-order valence-corrected chi connectivity index (χ3v) is 5.26. The van der Waals surface area contributed by atoms with Crippen LogP contribution in [0, 0.1) is 0 Å². The molecule has 146 valence electrons. The van der Waals surface area contributed by atoms with E-state index in [4.69, 9.17) is 18.9 Å². The zero-order chi connectivity index (χ0) is 19.7. The molecule has 6 heteroatoms. The molecule has 1 unspecified atom stereocenters. The Bertz CT molecular complexity index is 933. The number of carbonyl (C=O) groups excluding carboxylic acids is 1. The second-order valence-corrected chi connectivity index (χ2v) is 7.03. The summed E-state index contributed by atoms with van der Waals surface area (Å²) >= 11 is 0. The van der Waals surface area contributed by atoms with Crippen molar-refractivity contribution in [3.8, 4) is 23.0 Å². The molecule has 28 heavy (non-hydrogen) atoms. The number of ether oxygens (including phenoxy) is 4. The molecule has 6 nitrogen and oxygen atoms in total. The van der Waals surface area contributed by atoms with E-state index in [1.165, 1.54) is 4.90 Å². The number of likely N-dealkylation sites (N-methyl/N-ethyl adjacent to an activating group) is 1. The van der Waals surface area contributed by atoms with Crippen molar-refractivity contribution in [3.05, 3.63) is 52.6 Å². The van der Waals surface area contributed by atoms with Crippen molar-refractivity contribution in [1.82, 2.24) is 0 Å². The zero-order valence-corrected chi connectivity index (χ0v) is 16.3. The van der Waals surface area contributed by atoms with Gasteiger partial charge in [-0.05, 0) is 29.3 Å². The summed E-state index contributed by atoms with van der Waals surface area (Å²) in [6, 6.07) is 7.56. The Morgan fingerprint density at radius 2 is 1.82 bits per heavy atom. The molecule has 0 fully saturated rings. The van der Waals surface area contributed by atoms with Gasteiger partial charge in [0.2, 0.25) is 12.5 Å². The molecular formula is C22H24NO5+. The summed E-state index contributed by atoms with van der Waals surface area (Å²) in [6.07, 6.45) is 4.20. The van der Waals surface area contributed by atoms with E-state index in [0.29, 0.717) is 22.8 Å². The van der Waals surface area contributed by atoms with E-state index in [0.717, 1.165) is 42.0 Å². The van der Waals surface area contributed by atoms with Gasteiger partial charge in [0.05, 0.1) is 38.9 Å². The number of rotatable bonds is 5. The van der Waals surface area contributed by atoms with Gasteiger partial charge >= 0.3 is 0 Å². The summed E-state index contributed by atoms with van der Waals surface area (Å²) in [5.74, 6) is 2.42. The summed E-state index contributed by atoms with van der Waals surface area (Å²) < 4.78 is 22.1. The van der Waals surface area contributed by atoms with E-state index in [-0.39, 0.29) is 12.6 Å². The van der Waals surface area contributed by atoms with Gasteiger partial charge in [-0.25, -0.2) is 0 Å². The molecule has 2 aromatic carbocycles. The van der Waals surface area contributed by atoms with Crippen LogP contribution < -0.4 is 23.8 Å². The Morgan fingerprint density at radius 1 is 1.07 bits per heavy atom. The van der Waals surface area contributed by atoms with Gasteiger partial charge in [0.1, 0.15) is 12.3 Å². The lowest BCUT2D eigenvalue weighted by molar-refractivity contribution is -0.895. The minimum Gasteiger partial charge on any atom is -0.497 e. The van der Waals surface area contributed by atoms with Crippen molar-refractivity contribution in [3.63, 3.8) is 0 Å². The van der Waals surface area contributed by atoms with Gasteiger partial charge in [-0.2, -0.15) is 0 Å². The Kier molecular flexibility index (Phi) is 4.96. The third kappa shape index (κ3) is 3.20. The highest BCUT2D eigenvalue weighted by atomic mass is 16.7. The molecule has 0 saturated heterocycles. The molecule has 2 heterocycles. The van der Waals surface area contributed by atoms with Crippen LogP contribution in [0.3, 0.4) is 0 Å². The number of hydrogen-bond acceptors (Lipinski definition) is 5. The minimum atomic E-state index is -0.0870. The second-order valence-electron chi connectivity index (χ2n) is 7.03. The first-order chi connectivity index (χ1) is 13.6. The highest BCUT2D eigenvalue weighted by molar-refractivity contribution is 6.11. The first-order valence-corrected chi connectivity index (χ1v) is 9.31. The van der Waals surface area contributed by atoms with E-state index in [2.05, 4.69) is 7.05 Å². The van der Waals surface area contributed by atoms with Crippen LogP contribution in [0.1, 0.15) is 27.0 Å². The molecule has 1 N–H and O–H groups in total. The predicted octanol–water partition coefficient (Wildman–Crippen LogP) is 1.90. The lowest BCUT2D eigenvalue weighted by Gasteiger charge is -2.26. The van der Waals surface area contributed by atoms with Gasteiger partial charge in [0.15, 0.2) is 17.3 Å². The van der Waals surface area contributed by atoms with Gasteiger partial charge in [-0.15, -0.1) is 0 Å². The molecule has 2 aromatic rings. The molecule has 0 amide bonds. The summed E-state index contributed by atoms with van der Waals surface area (Å²) in [4.78, 5) is 14.5. The molecule has 1 atom stereocenters. The first-order valence-electron chi connectivity index (χ1n) is 9.31. The van der Waals surface area contributed by atoms with Crippen molar-refractivity contribution in [1.29, 1.82) is 0 Å². The van der Waals surface area contributed by atoms with Crippen molar-refractivity contribution in [2.75, 3.05) is 34.6 Å². The number of carbonyl (C=O) groups is 1. The predicted molar refractivity (Wildman–Crippen MR) is 105 cm³/mol. The summed E-state index contributed by atoms with van der Waals surface area (Å²) in [5.41, 5.74) is 3.57. The van der Waals surface area contributed by atoms with Crippen LogP contribution in [0.25, 0.3) is 6.08 Å². The van der Waals surface area contributed by atoms with E-state index in [1.54, 1.807) is 26.4 Å². The average Bonchev–Trinajstić information content (AvgIpc) is 3.19. The molecule has 0 aliphatic carbocycles. The Labute approximate surface area is 164 Å². The minimum absolute atomic E-state index is 0.0870. The van der Waals surface area contributed by atoms with E-state index >= 15 is 0 Å². The van der Waals surface area contributed by atoms with Gasteiger partial charge in [-0.1, -0.05) is 18.2 Å². The highest BCUT2D eigenvalue weighted by Gasteiger charge is 2.35. The van der Waals surface area contributed by atoms with Crippen molar-refractivity contribution >= 4 is 11.9 Å². The van der Waals surface area contributed by atoms with Crippen LogP contribution in [0.15, 0.2) is 30.3 Å². The Hall–Kier alpha value is -2.99. The maximum atomic E-state index is 13.2. The molecule has 0 aromatic heterocycles.